The summed E-state index contributed by atoms with van der Waals surface area (Å²) in [6, 6.07) is 19.7. The summed E-state index contributed by atoms with van der Waals surface area (Å²) in [5.41, 5.74) is 3.97. The first-order valence-electron chi connectivity index (χ1n) is 6.61. The number of para-hydroxylation sites is 1. The lowest BCUT2D eigenvalue weighted by Gasteiger charge is -2.15. The van der Waals surface area contributed by atoms with Crippen LogP contribution in [0.15, 0.2) is 54.6 Å². The molecule has 94 valence electrons. The van der Waals surface area contributed by atoms with Gasteiger partial charge in [-0.3, -0.25) is 0 Å². The Bertz CT molecular complexity index is 476. The minimum Gasteiger partial charge on any atom is -0.383 e. The number of anilines is 1. The molecule has 1 heteroatoms. The molecule has 0 fully saturated rings. The molecule has 0 amide bonds. The van der Waals surface area contributed by atoms with Crippen molar-refractivity contribution in [3.05, 3.63) is 65.7 Å². The molecule has 2 aromatic rings. The third-order valence-corrected chi connectivity index (χ3v) is 3.14. The average molecular weight is 239 g/mol. The minimum atomic E-state index is 0.493. The maximum absolute atomic E-state index is 3.53. The first-order valence-corrected chi connectivity index (χ1v) is 6.61. The zero-order chi connectivity index (χ0) is 12.8. The van der Waals surface area contributed by atoms with Crippen molar-refractivity contribution in [3.63, 3.8) is 0 Å². The first kappa shape index (κ1) is 12.7. The fourth-order valence-corrected chi connectivity index (χ4v) is 2.14. The van der Waals surface area contributed by atoms with Gasteiger partial charge in [0.15, 0.2) is 0 Å². The van der Waals surface area contributed by atoms with Gasteiger partial charge in [0.25, 0.3) is 0 Å². The van der Waals surface area contributed by atoms with Gasteiger partial charge in [0.05, 0.1) is 0 Å². The largest absolute Gasteiger partial charge is 0.383 e. The van der Waals surface area contributed by atoms with Crippen LogP contribution in [0.1, 0.15) is 24.5 Å². The van der Waals surface area contributed by atoms with E-state index >= 15 is 0 Å². The van der Waals surface area contributed by atoms with Crippen molar-refractivity contribution in [1.29, 1.82) is 0 Å². The minimum absolute atomic E-state index is 0.493. The Hall–Kier alpha value is -1.76. The highest BCUT2D eigenvalue weighted by Crippen LogP contribution is 2.12. The molecule has 0 aromatic heterocycles. The Morgan fingerprint density at radius 1 is 1.00 bits per heavy atom. The molecular formula is C17H21N. The van der Waals surface area contributed by atoms with Crippen LogP contribution in [0.2, 0.25) is 0 Å². The van der Waals surface area contributed by atoms with Crippen molar-refractivity contribution < 1.29 is 0 Å². The van der Waals surface area contributed by atoms with E-state index in [1.165, 1.54) is 16.8 Å². The van der Waals surface area contributed by atoms with Crippen molar-refractivity contribution in [2.45, 2.75) is 32.7 Å². The molecule has 2 rings (SSSR count). The Kier molecular flexibility index (Phi) is 4.40. The maximum atomic E-state index is 3.53. The molecule has 0 aliphatic carbocycles. The van der Waals surface area contributed by atoms with Crippen molar-refractivity contribution in [3.8, 4) is 0 Å². The number of nitrogens with one attached hydrogen (secondary N) is 1. The van der Waals surface area contributed by atoms with Crippen molar-refractivity contribution in [2.24, 2.45) is 0 Å². The summed E-state index contributed by atoms with van der Waals surface area (Å²) in [4.78, 5) is 0. The zero-order valence-corrected chi connectivity index (χ0v) is 11.2. The van der Waals surface area contributed by atoms with E-state index < -0.39 is 0 Å². The molecule has 0 saturated carbocycles. The van der Waals surface area contributed by atoms with Crippen LogP contribution in [0.4, 0.5) is 5.69 Å². The summed E-state index contributed by atoms with van der Waals surface area (Å²) in [6.07, 6.45) is 2.28. The fraction of sp³-hybridized carbons (Fsp3) is 0.294. The normalized spacial score (nSPS) is 12.1. The van der Waals surface area contributed by atoms with Gasteiger partial charge in [-0.2, -0.15) is 0 Å². The van der Waals surface area contributed by atoms with E-state index in [1.54, 1.807) is 0 Å². The molecule has 0 heterocycles. The highest BCUT2D eigenvalue weighted by molar-refractivity contribution is 5.43. The van der Waals surface area contributed by atoms with E-state index in [1.807, 2.05) is 6.07 Å². The third kappa shape index (κ3) is 3.92. The second kappa shape index (κ2) is 6.25. The standard InChI is InChI=1S/C17H21N/c1-14-7-6-8-16(13-14)12-11-15(2)18-17-9-4-3-5-10-17/h3-10,13,15,18H,11-12H2,1-2H3. The van der Waals surface area contributed by atoms with Crippen molar-refractivity contribution in [2.75, 3.05) is 5.32 Å². The second-order valence-corrected chi connectivity index (χ2v) is 4.94. The van der Waals surface area contributed by atoms with Crippen molar-refractivity contribution in [1.82, 2.24) is 0 Å². The molecule has 0 radical (unpaired) electrons. The zero-order valence-electron chi connectivity index (χ0n) is 11.2. The highest BCUT2D eigenvalue weighted by Gasteiger charge is 2.02. The number of benzene rings is 2. The van der Waals surface area contributed by atoms with Crippen LogP contribution in [-0.2, 0) is 6.42 Å². The molecule has 2 aromatic carbocycles. The molecule has 0 bridgehead atoms. The van der Waals surface area contributed by atoms with Gasteiger partial charge in [-0.25, -0.2) is 0 Å². The van der Waals surface area contributed by atoms with Gasteiger partial charge >= 0.3 is 0 Å². The number of aryl methyl sites for hydroxylation is 2. The third-order valence-electron chi connectivity index (χ3n) is 3.14. The summed E-state index contributed by atoms with van der Waals surface area (Å²) in [7, 11) is 0. The predicted molar refractivity (Wildman–Crippen MR) is 79.0 cm³/mol. The van der Waals surface area contributed by atoms with Gasteiger partial charge in [-0.05, 0) is 44.4 Å². The molecular weight excluding hydrogens is 218 g/mol. The molecule has 1 atom stereocenters. The van der Waals surface area contributed by atoms with Crippen LogP contribution >= 0.6 is 0 Å². The summed E-state index contributed by atoms with van der Waals surface area (Å²) >= 11 is 0. The molecule has 1 N–H and O–H groups in total. The molecule has 1 unspecified atom stereocenters. The van der Waals surface area contributed by atoms with Gasteiger partial charge in [0.1, 0.15) is 0 Å². The Balaban J connectivity index is 1.83. The van der Waals surface area contributed by atoms with E-state index in [4.69, 9.17) is 0 Å². The van der Waals surface area contributed by atoms with Crippen LogP contribution in [0.25, 0.3) is 0 Å². The molecule has 0 spiro atoms. The number of hydrogen-bond acceptors (Lipinski definition) is 1. The summed E-state index contributed by atoms with van der Waals surface area (Å²) in [5, 5.41) is 3.53. The number of rotatable bonds is 5. The lowest BCUT2D eigenvalue weighted by molar-refractivity contribution is 0.706. The van der Waals surface area contributed by atoms with Gasteiger partial charge in [-0.1, -0.05) is 48.0 Å². The molecule has 0 saturated heterocycles. The Morgan fingerprint density at radius 3 is 2.50 bits per heavy atom. The first-order chi connectivity index (χ1) is 8.74. The molecule has 0 aliphatic rings. The van der Waals surface area contributed by atoms with E-state index in [0.717, 1.165) is 12.8 Å². The van der Waals surface area contributed by atoms with Gasteiger partial charge in [0, 0.05) is 11.7 Å². The monoisotopic (exact) mass is 239 g/mol. The quantitative estimate of drug-likeness (QED) is 0.814. The van der Waals surface area contributed by atoms with Crippen molar-refractivity contribution >= 4 is 5.69 Å². The van der Waals surface area contributed by atoms with Crippen LogP contribution in [0.3, 0.4) is 0 Å². The molecule has 18 heavy (non-hydrogen) atoms. The summed E-state index contributed by atoms with van der Waals surface area (Å²) < 4.78 is 0. The Morgan fingerprint density at radius 2 is 1.78 bits per heavy atom. The van der Waals surface area contributed by atoms with Gasteiger partial charge in [0.2, 0.25) is 0 Å². The van der Waals surface area contributed by atoms with Gasteiger partial charge in [-0.15, -0.1) is 0 Å². The maximum Gasteiger partial charge on any atom is 0.0342 e. The summed E-state index contributed by atoms with van der Waals surface area (Å²) in [6.45, 7) is 4.39. The predicted octanol–water partition coefficient (Wildman–Crippen LogP) is 4.43. The second-order valence-electron chi connectivity index (χ2n) is 4.94. The SMILES string of the molecule is Cc1cccc(CCC(C)Nc2ccccc2)c1. The molecule has 1 nitrogen and oxygen atoms in total. The number of hydrogen-bond donors (Lipinski definition) is 1. The lowest BCUT2D eigenvalue weighted by Crippen LogP contribution is -2.15. The van der Waals surface area contributed by atoms with Crippen LogP contribution in [0, 0.1) is 6.92 Å². The van der Waals surface area contributed by atoms with E-state index in [-0.39, 0.29) is 0 Å². The highest BCUT2D eigenvalue weighted by atomic mass is 14.9. The smallest absolute Gasteiger partial charge is 0.0342 e. The lowest BCUT2D eigenvalue weighted by atomic mass is 10.0. The van der Waals surface area contributed by atoms with Crippen LogP contribution < -0.4 is 5.32 Å². The van der Waals surface area contributed by atoms with Crippen LogP contribution in [-0.4, -0.2) is 6.04 Å². The van der Waals surface area contributed by atoms with E-state index in [0.29, 0.717) is 6.04 Å². The fourth-order valence-electron chi connectivity index (χ4n) is 2.14. The van der Waals surface area contributed by atoms with Crippen LogP contribution in [0.5, 0.6) is 0 Å². The molecule has 0 aliphatic heterocycles. The van der Waals surface area contributed by atoms with E-state index in [9.17, 15) is 0 Å². The van der Waals surface area contributed by atoms with E-state index in [2.05, 4.69) is 67.7 Å². The average Bonchev–Trinajstić information content (AvgIpc) is 2.38. The summed E-state index contributed by atoms with van der Waals surface area (Å²) in [5.74, 6) is 0. The van der Waals surface area contributed by atoms with Gasteiger partial charge < -0.3 is 5.32 Å². The topological polar surface area (TPSA) is 12.0 Å². The Labute approximate surface area is 110 Å².